The third kappa shape index (κ3) is 6.84. The predicted molar refractivity (Wildman–Crippen MR) is 126 cm³/mol. The van der Waals surface area contributed by atoms with E-state index in [0.29, 0.717) is 35.5 Å². The molecule has 1 aliphatic rings. The Morgan fingerprint density at radius 3 is 2.56 bits per heavy atom. The first-order valence-electron chi connectivity index (χ1n) is 11.7. The number of ether oxygens (including phenoxy) is 1. The lowest BCUT2D eigenvalue weighted by Gasteiger charge is -2.35. The lowest BCUT2D eigenvalue weighted by atomic mass is 9.94. The number of unbranched alkanes of at least 4 members (excludes halogenated alkanes) is 3. The zero-order chi connectivity index (χ0) is 23.7. The Labute approximate surface area is 191 Å². The van der Waals surface area contributed by atoms with E-state index in [-0.39, 0.29) is 18.0 Å². The highest BCUT2D eigenvalue weighted by atomic mass is 16.5. The van der Waals surface area contributed by atoms with Gasteiger partial charge in [-0.15, -0.1) is 0 Å². The standard InChI is InChI=1S/C25H37N3O4/c1-6-8-9-10-14-21(29)26-20-13-11-12-19(16-20)23-22(24(30)32-17(3)4)18(5)28(15-7-2)25(31)27-23/h11-13,16-17,23H,6-10,14-15H2,1-5H3,(H,26,29)(H,27,31)/t23-/m0/s1. The first-order chi connectivity index (χ1) is 15.3. The molecule has 0 radical (unpaired) electrons. The molecule has 2 N–H and O–H groups in total. The summed E-state index contributed by atoms with van der Waals surface area (Å²) in [6.07, 6.45) is 5.11. The van der Waals surface area contributed by atoms with E-state index in [2.05, 4.69) is 17.6 Å². The molecule has 32 heavy (non-hydrogen) atoms. The Bertz CT molecular complexity index is 847. The molecule has 0 aromatic heterocycles. The maximum Gasteiger partial charge on any atom is 0.338 e. The Morgan fingerprint density at radius 2 is 1.91 bits per heavy atom. The zero-order valence-electron chi connectivity index (χ0n) is 20.0. The van der Waals surface area contributed by atoms with Gasteiger partial charge in [0.15, 0.2) is 0 Å². The highest BCUT2D eigenvalue weighted by Gasteiger charge is 2.36. The predicted octanol–water partition coefficient (Wildman–Crippen LogP) is 5.30. The van der Waals surface area contributed by atoms with Crippen LogP contribution in [0.4, 0.5) is 10.5 Å². The first kappa shape index (κ1) is 25.4. The van der Waals surface area contributed by atoms with Crippen molar-refractivity contribution in [2.24, 2.45) is 0 Å². The summed E-state index contributed by atoms with van der Waals surface area (Å²) in [5.41, 5.74) is 2.36. The molecule has 1 atom stereocenters. The molecule has 176 valence electrons. The van der Waals surface area contributed by atoms with Crippen LogP contribution < -0.4 is 10.6 Å². The number of hydrogen-bond acceptors (Lipinski definition) is 4. The normalized spacial score (nSPS) is 16.2. The number of allylic oxidation sites excluding steroid dienone is 1. The lowest BCUT2D eigenvalue weighted by molar-refractivity contribution is -0.143. The number of benzene rings is 1. The third-order valence-electron chi connectivity index (χ3n) is 5.37. The minimum absolute atomic E-state index is 0.0359. The second-order valence-electron chi connectivity index (χ2n) is 8.47. The Hall–Kier alpha value is -2.83. The summed E-state index contributed by atoms with van der Waals surface area (Å²) in [7, 11) is 0. The van der Waals surface area contributed by atoms with Gasteiger partial charge >= 0.3 is 12.0 Å². The second-order valence-corrected chi connectivity index (χ2v) is 8.47. The maximum atomic E-state index is 13.0. The molecule has 0 unspecified atom stereocenters. The molecule has 0 aliphatic carbocycles. The molecule has 0 fully saturated rings. The van der Waals surface area contributed by atoms with E-state index >= 15 is 0 Å². The summed E-state index contributed by atoms with van der Waals surface area (Å²) in [6, 6.07) is 6.37. The fourth-order valence-corrected chi connectivity index (χ4v) is 3.80. The van der Waals surface area contributed by atoms with Crippen LogP contribution in [0.5, 0.6) is 0 Å². The van der Waals surface area contributed by atoms with Crippen LogP contribution >= 0.6 is 0 Å². The number of urea groups is 1. The number of nitrogens with zero attached hydrogens (tertiary/aromatic N) is 1. The minimum atomic E-state index is -0.650. The largest absolute Gasteiger partial charge is 0.459 e. The van der Waals surface area contributed by atoms with E-state index in [1.165, 1.54) is 0 Å². The van der Waals surface area contributed by atoms with Crippen LogP contribution in [0.25, 0.3) is 0 Å². The van der Waals surface area contributed by atoms with Gasteiger partial charge in [0.2, 0.25) is 5.91 Å². The summed E-state index contributed by atoms with van der Waals surface area (Å²) < 4.78 is 5.49. The van der Waals surface area contributed by atoms with Gasteiger partial charge < -0.3 is 15.4 Å². The molecule has 0 saturated carbocycles. The molecular weight excluding hydrogens is 406 g/mol. The van der Waals surface area contributed by atoms with Gasteiger partial charge in [-0.2, -0.15) is 0 Å². The van der Waals surface area contributed by atoms with Crippen molar-refractivity contribution in [2.45, 2.75) is 85.3 Å². The van der Waals surface area contributed by atoms with Gasteiger partial charge in [0.1, 0.15) is 0 Å². The average Bonchev–Trinajstić information content (AvgIpc) is 2.73. The smallest absolute Gasteiger partial charge is 0.338 e. The van der Waals surface area contributed by atoms with Crippen molar-refractivity contribution in [1.82, 2.24) is 10.2 Å². The zero-order valence-corrected chi connectivity index (χ0v) is 20.0. The van der Waals surface area contributed by atoms with Gasteiger partial charge in [0.05, 0.1) is 17.7 Å². The van der Waals surface area contributed by atoms with E-state index in [9.17, 15) is 14.4 Å². The first-order valence-corrected chi connectivity index (χ1v) is 11.7. The van der Waals surface area contributed by atoms with Crippen molar-refractivity contribution in [1.29, 1.82) is 0 Å². The number of nitrogens with one attached hydrogen (secondary N) is 2. The van der Waals surface area contributed by atoms with Crippen molar-refractivity contribution >= 4 is 23.6 Å². The van der Waals surface area contributed by atoms with Crippen LogP contribution in [0.3, 0.4) is 0 Å². The Kier molecular flexibility index (Phi) is 9.75. The van der Waals surface area contributed by atoms with Gasteiger partial charge in [-0.1, -0.05) is 45.2 Å². The average molecular weight is 444 g/mol. The number of anilines is 1. The number of rotatable bonds is 11. The van der Waals surface area contributed by atoms with Crippen LogP contribution in [0.1, 0.15) is 84.7 Å². The van der Waals surface area contributed by atoms with E-state index < -0.39 is 12.0 Å². The van der Waals surface area contributed by atoms with Gasteiger partial charge in [-0.25, -0.2) is 9.59 Å². The SMILES string of the molecule is CCCCCCC(=O)Nc1cccc([C@@H]2NC(=O)N(CCC)C(C)=C2C(=O)OC(C)C)c1. The lowest BCUT2D eigenvalue weighted by Crippen LogP contribution is -2.48. The Balaban J connectivity index is 2.29. The van der Waals surface area contributed by atoms with Crippen molar-refractivity contribution in [3.05, 3.63) is 41.1 Å². The van der Waals surface area contributed by atoms with Crippen LogP contribution in [0.15, 0.2) is 35.5 Å². The molecule has 1 heterocycles. The summed E-state index contributed by atoms with van der Waals surface area (Å²) in [6.45, 7) is 10.00. The molecule has 7 nitrogen and oxygen atoms in total. The number of carbonyl (C=O) groups is 3. The molecule has 0 bridgehead atoms. The van der Waals surface area contributed by atoms with Gasteiger partial charge in [-0.3, -0.25) is 9.69 Å². The molecule has 1 aromatic rings. The minimum Gasteiger partial charge on any atom is -0.459 e. The van der Waals surface area contributed by atoms with E-state index in [0.717, 1.165) is 32.1 Å². The number of hydrogen-bond donors (Lipinski definition) is 2. The molecule has 0 spiro atoms. The molecule has 0 saturated heterocycles. The second kappa shape index (κ2) is 12.3. The van der Waals surface area contributed by atoms with Crippen molar-refractivity contribution in [3.8, 4) is 0 Å². The molecule has 7 heteroatoms. The fourth-order valence-electron chi connectivity index (χ4n) is 3.80. The van der Waals surface area contributed by atoms with E-state index in [4.69, 9.17) is 4.74 Å². The summed E-state index contributed by atoms with van der Waals surface area (Å²) >= 11 is 0. The van der Waals surface area contributed by atoms with Crippen molar-refractivity contribution in [3.63, 3.8) is 0 Å². The summed E-state index contributed by atoms with van der Waals surface area (Å²) in [5, 5.41) is 5.88. The number of esters is 1. The number of amides is 3. The quantitative estimate of drug-likeness (QED) is 0.359. The highest BCUT2D eigenvalue weighted by molar-refractivity contribution is 5.95. The van der Waals surface area contributed by atoms with Gasteiger partial charge in [0, 0.05) is 24.4 Å². The van der Waals surface area contributed by atoms with Gasteiger partial charge in [-0.05, 0) is 51.3 Å². The van der Waals surface area contributed by atoms with Crippen molar-refractivity contribution in [2.75, 3.05) is 11.9 Å². The van der Waals surface area contributed by atoms with Gasteiger partial charge in [0.25, 0.3) is 0 Å². The van der Waals surface area contributed by atoms with E-state index in [1.807, 2.05) is 25.1 Å². The van der Waals surface area contributed by atoms with E-state index in [1.54, 1.807) is 31.7 Å². The van der Waals surface area contributed by atoms with Crippen molar-refractivity contribution < 1.29 is 19.1 Å². The van der Waals surface area contributed by atoms with Crippen LogP contribution in [-0.4, -0.2) is 35.5 Å². The van der Waals surface area contributed by atoms with Crippen LogP contribution in [0.2, 0.25) is 0 Å². The molecule has 2 rings (SSSR count). The molecular formula is C25H37N3O4. The van der Waals surface area contributed by atoms with Crippen LogP contribution in [-0.2, 0) is 14.3 Å². The third-order valence-corrected chi connectivity index (χ3v) is 5.37. The highest BCUT2D eigenvalue weighted by Crippen LogP contribution is 2.32. The number of carbonyl (C=O) groups excluding carboxylic acids is 3. The summed E-state index contributed by atoms with van der Waals surface area (Å²) in [4.78, 5) is 39.6. The summed E-state index contributed by atoms with van der Waals surface area (Å²) in [5.74, 6) is -0.486. The molecule has 1 aliphatic heterocycles. The maximum absolute atomic E-state index is 13.0. The molecule has 1 aromatic carbocycles. The van der Waals surface area contributed by atoms with Crippen LogP contribution in [0, 0.1) is 0 Å². The monoisotopic (exact) mass is 443 g/mol. The molecule has 3 amide bonds. The Morgan fingerprint density at radius 1 is 1.16 bits per heavy atom. The topological polar surface area (TPSA) is 87.7 Å². The fraction of sp³-hybridized carbons (Fsp3) is 0.560.